The number of nitrogens with zero attached hydrogens (tertiary/aromatic N) is 1. The molecule has 4 nitrogen and oxygen atoms in total. The highest BCUT2D eigenvalue weighted by molar-refractivity contribution is 5.87. The molecule has 32 heavy (non-hydrogen) atoms. The van der Waals surface area contributed by atoms with E-state index in [-0.39, 0.29) is 11.0 Å². The van der Waals surface area contributed by atoms with Crippen LogP contribution in [-0.4, -0.2) is 38.6 Å². The van der Waals surface area contributed by atoms with E-state index in [4.69, 9.17) is 4.74 Å². The number of aliphatic hydroxyl groups is 2. The number of aliphatic hydroxyl groups excluding tert-OH is 2. The molecule has 5 aliphatic rings. The van der Waals surface area contributed by atoms with E-state index < -0.39 is 17.8 Å². The molecule has 3 aliphatic carbocycles. The third-order valence-corrected chi connectivity index (χ3v) is 9.33. The SMILES string of the molecule is CC12CC=C3C=C4[C@@H](O)C(O)CC[C@]45CC[C@]3(O5)[C@@H]1CC=C2c1ccc2ccncc2c1. The highest BCUT2D eigenvalue weighted by Crippen LogP contribution is 2.67. The van der Waals surface area contributed by atoms with E-state index in [2.05, 4.69) is 54.4 Å². The molecule has 1 aromatic heterocycles. The lowest BCUT2D eigenvalue weighted by Crippen LogP contribution is -2.56. The fourth-order valence-corrected chi connectivity index (χ4v) is 7.66. The number of hydrogen-bond acceptors (Lipinski definition) is 4. The van der Waals surface area contributed by atoms with Crippen LogP contribution in [0.4, 0.5) is 0 Å². The van der Waals surface area contributed by atoms with Crippen molar-refractivity contribution in [2.45, 2.75) is 68.9 Å². The van der Waals surface area contributed by atoms with Gasteiger partial charge in [-0.1, -0.05) is 37.3 Å². The van der Waals surface area contributed by atoms with Crippen molar-refractivity contribution in [1.29, 1.82) is 0 Å². The van der Waals surface area contributed by atoms with E-state index in [1.165, 1.54) is 27.5 Å². The molecule has 2 N–H and O–H groups in total. The zero-order valence-corrected chi connectivity index (χ0v) is 18.4. The second-order valence-corrected chi connectivity index (χ2v) is 10.8. The first-order chi connectivity index (χ1) is 15.5. The molecule has 2 aromatic rings. The molecule has 2 fully saturated rings. The molecule has 3 heterocycles. The van der Waals surface area contributed by atoms with Gasteiger partial charge in [-0.15, -0.1) is 0 Å². The van der Waals surface area contributed by atoms with Crippen LogP contribution in [0, 0.1) is 11.3 Å². The molecule has 6 atom stereocenters. The van der Waals surface area contributed by atoms with Gasteiger partial charge in [-0.05, 0) is 78.3 Å². The number of hydrogen-bond donors (Lipinski definition) is 2. The summed E-state index contributed by atoms with van der Waals surface area (Å²) in [5, 5.41) is 23.4. The topological polar surface area (TPSA) is 62.6 Å². The van der Waals surface area contributed by atoms with Crippen LogP contribution in [0.25, 0.3) is 16.3 Å². The van der Waals surface area contributed by atoms with Gasteiger partial charge >= 0.3 is 0 Å². The van der Waals surface area contributed by atoms with Gasteiger partial charge in [0.1, 0.15) is 6.10 Å². The summed E-state index contributed by atoms with van der Waals surface area (Å²) in [5.41, 5.74) is 4.20. The van der Waals surface area contributed by atoms with Gasteiger partial charge in [0.15, 0.2) is 0 Å². The Bertz CT molecular complexity index is 1240. The Kier molecular flexibility index (Phi) is 3.72. The number of aromatic nitrogens is 1. The first-order valence-corrected chi connectivity index (χ1v) is 12.0. The summed E-state index contributed by atoms with van der Waals surface area (Å²) in [6.07, 6.45) is 14.6. The quantitative estimate of drug-likeness (QED) is 0.691. The van der Waals surface area contributed by atoms with E-state index >= 15 is 0 Å². The monoisotopic (exact) mass is 427 g/mol. The maximum Gasteiger partial charge on any atom is 0.104 e. The molecule has 4 heteroatoms. The van der Waals surface area contributed by atoms with Gasteiger partial charge in [-0.2, -0.15) is 0 Å². The number of pyridine rings is 1. The molecule has 1 saturated carbocycles. The smallest absolute Gasteiger partial charge is 0.104 e. The summed E-state index contributed by atoms with van der Waals surface area (Å²) in [5.74, 6) is 0.385. The normalized spacial score (nSPS) is 42.0. The second-order valence-electron chi connectivity index (χ2n) is 10.8. The lowest BCUT2D eigenvalue weighted by Gasteiger charge is -2.54. The molecular weight excluding hydrogens is 398 g/mol. The van der Waals surface area contributed by atoms with Crippen LogP contribution in [-0.2, 0) is 4.74 Å². The predicted octanol–water partition coefficient (Wildman–Crippen LogP) is 4.72. The minimum Gasteiger partial charge on any atom is -0.390 e. The molecule has 0 amide bonds. The molecule has 2 aliphatic heterocycles. The zero-order valence-electron chi connectivity index (χ0n) is 18.4. The Labute approximate surface area is 188 Å². The van der Waals surface area contributed by atoms with Gasteiger partial charge in [0, 0.05) is 29.1 Å². The minimum absolute atomic E-state index is 0.0169. The number of rotatable bonds is 1. The van der Waals surface area contributed by atoms with Crippen LogP contribution < -0.4 is 0 Å². The molecule has 0 radical (unpaired) electrons. The van der Waals surface area contributed by atoms with Gasteiger partial charge < -0.3 is 14.9 Å². The van der Waals surface area contributed by atoms with E-state index in [1.807, 2.05) is 12.4 Å². The summed E-state index contributed by atoms with van der Waals surface area (Å²) in [7, 11) is 0. The van der Waals surface area contributed by atoms with Crippen LogP contribution >= 0.6 is 0 Å². The van der Waals surface area contributed by atoms with Crippen molar-refractivity contribution < 1.29 is 14.9 Å². The van der Waals surface area contributed by atoms with Crippen molar-refractivity contribution in [3.05, 3.63) is 71.6 Å². The molecule has 1 aromatic carbocycles. The van der Waals surface area contributed by atoms with Gasteiger partial charge in [-0.3, -0.25) is 4.98 Å². The standard InChI is InChI=1S/C28H29NO3/c1-26-9-6-20-15-22-25(31)23(30)7-10-27(22)11-12-28(20,32-27)24(26)5-4-21(26)18-3-2-17-8-13-29-16-19(17)14-18/h2-4,6,8,13-16,23-25,30-31H,5,7,9-12H2,1H3/t23?,24-,25-,26?,27+,28-/m1/s1. The average molecular weight is 428 g/mol. The van der Waals surface area contributed by atoms with E-state index in [0.29, 0.717) is 12.3 Å². The van der Waals surface area contributed by atoms with Gasteiger partial charge in [-0.25, -0.2) is 0 Å². The van der Waals surface area contributed by atoms with Crippen molar-refractivity contribution in [3.63, 3.8) is 0 Å². The van der Waals surface area contributed by atoms with E-state index in [0.717, 1.165) is 37.7 Å². The molecule has 2 spiro atoms. The highest BCUT2D eigenvalue weighted by atomic mass is 16.5. The van der Waals surface area contributed by atoms with E-state index in [9.17, 15) is 10.2 Å². The first kappa shape index (κ1) is 19.2. The van der Waals surface area contributed by atoms with Crippen molar-refractivity contribution in [3.8, 4) is 0 Å². The summed E-state index contributed by atoms with van der Waals surface area (Å²) in [6.45, 7) is 2.42. The molecule has 1 saturated heterocycles. The van der Waals surface area contributed by atoms with Crippen LogP contribution in [0.1, 0.15) is 51.0 Å². The molecule has 2 unspecified atom stereocenters. The van der Waals surface area contributed by atoms with Crippen molar-refractivity contribution >= 4 is 16.3 Å². The maximum atomic E-state index is 10.8. The zero-order chi connectivity index (χ0) is 21.7. The van der Waals surface area contributed by atoms with Crippen molar-refractivity contribution in [2.75, 3.05) is 0 Å². The Hall–Kier alpha value is -2.27. The number of allylic oxidation sites excluding steroid dienone is 3. The van der Waals surface area contributed by atoms with Crippen LogP contribution in [0.2, 0.25) is 0 Å². The average Bonchev–Trinajstić information content (AvgIpc) is 3.32. The van der Waals surface area contributed by atoms with Gasteiger partial charge in [0.05, 0.1) is 17.3 Å². The molecular formula is C28H29NO3. The molecule has 7 rings (SSSR count). The van der Waals surface area contributed by atoms with Crippen LogP contribution in [0.15, 0.2) is 66.0 Å². The number of ether oxygens (including phenoxy) is 1. The Morgan fingerprint density at radius 2 is 1.97 bits per heavy atom. The third-order valence-electron chi connectivity index (χ3n) is 9.33. The van der Waals surface area contributed by atoms with Gasteiger partial charge in [0.2, 0.25) is 0 Å². The number of benzene rings is 1. The Morgan fingerprint density at radius 3 is 2.88 bits per heavy atom. The van der Waals surface area contributed by atoms with E-state index in [1.54, 1.807) is 0 Å². The Morgan fingerprint density at radius 1 is 1.06 bits per heavy atom. The van der Waals surface area contributed by atoms with Crippen LogP contribution in [0.5, 0.6) is 0 Å². The van der Waals surface area contributed by atoms with Crippen LogP contribution in [0.3, 0.4) is 0 Å². The summed E-state index contributed by atoms with van der Waals surface area (Å²) < 4.78 is 7.08. The maximum absolute atomic E-state index is 10.8. The fraction of sp³-hybridized carbons (Fsp3) is 0.464. The number of fused-ring (bicyclic) bond motifs is 2. The first-order valence-electron chi connectivity index (χ1n) is 12.0. The third kappa shape index (κ3) is 2.26. The van der Waals surface area contributed by atoms with Gasteiger partial charge in [0.25, 0.3) is 0 Å². The predicted molar refractivity (Wildman–Crippen MR) is 124 cm³/mol. The second kappa shape index (κ2) is 6.19. The minimum atomic E-state index is -0.808. The lowest BCUT2D eigenvalue weighted by molar-refractivity contribution is -0.147. The summed E-state index contributed by atoms with van der Waals surface area (Å²) >= 11 is 0. The van der Waals surface area contributed by atoms with Crippen molar-refractivity contribution in [2.24, 2.45) is 11.3 Å². The summed E-state index contributed by atoms with van der Waals surface area (Å²) in [6, 6.07) is 8.81. The molecule has 164 valence electrons. The molecule has 2 bridgehead atoms. The highest BCUT2D eigenvalue weighted by Gasteiger charge is 2.66. The lowest BCUT2D eigenvalue weighted by atomic mass is 9.58. The fourth-order valence-electron chi connectivity index (χ4n) is 7.66. The summed E-state index contributed by atoms with van der Waals surface area (Å²) in [4.78, 5) is 4.32. The largest absolute Gasteiger partial charge is 0.390 e. The van der Waals surface area contributed by atoms with Crippen molar-refractivity contribution in [1.82, 2.24) is 4.98 Å². The Balaban J connectivity index is 1.32.